The van der Waals surface area contributed by atoms with Crippen LogP contribution in [0.15, 0.2) is 16.9 Å². The molecule has 0 atom stereocenters. The minimum atomic E-state index is -1.05. The van der Waals surface area contributed by atoms with E-state index in [9.17, 15) is 14.4 Å². The molecule has 20 heavy (non-hydrogen) atoms. The zero-order valence-electron chi connectivity index (χ0n) is 11.2. The van der Waals surface area contributed by atoms with Crippen LogP contribution in [0.5, 0.6) is 0 Å². The van der Waals surface area contributed by atoms with E-state index >= 15 is 0 Å². The summed E-state index contributed by atoms with van der Waals surface area (Å²) in [6.07, 6.45) is 0. The molecule has 1 N–H and O–H groups in total. The van der Waals surface area contributed by atoms with Gasteiger partial charge in [0.05, 0.1) is 13.1 Å². The maximum atomic E-state index is 12.1. The van der Waals surface area contributed by atoms with Gasteiger partial charge in [-0.1, -0.05) is 0 Å². The molecule has 1 aliphatic rings. The predicted molar refractivity (Wildman–Crippen MR) is 67.4 cm³/mol. The fourth-order valence-electron chi connectivity index (χ4n) is 2.01. The average molecular weight is 281 g/mol. The fraction of sp³-hybridized carbons (Fsp3) is 0.500. The number of aliphatic carboxylic acids is 1. The number of carboxylic acid groups (broad SMARTS) is 1. The SMILES string of the molecule is Cn1nc(C(=O)N2CC(C)(OCC(=O)O)C2)ccc1=O. The molecule has 2 heterocycles. The van der Waals surface area contributed by atoms with Gasteiger partial charge in [0.1, 0.15) is 17.9 Å². The van der Waals surface area contributed by atoms with Crippen molar-refractivity contribution in [2.75, 3.05) is 19.7 Å². The molecule has 0 bridgehead atoms. The number of amides is 1. The Kier molecular flexibility index (Phi) is 3.58. The molecule has 0 aromatic carbocycles. The zero-order valence-corrected chi connectivity index (χ0v) is 11.2. The number of carbonyl (C=O) groups excluding carboxylic acids is 1. The van der Waals surface area contributed by atoms with Crippen molar-refractivity contribution < 1.29 is 19.4 Å². The molecule has 8 heteroatoms. The zero-order chi connectivity index (χ0) is 14.9. The van der Waals surface area contributed by atoms with Crippen molar-refractivity contribution in [3.05, 3.63) is 28.2 Å². The van der Waals surface area contributed by atoms with E-state index < -0.39 is 18.2 Å². The van der Waals surface area contributed by atoms with E-state index in [0.29, 0.717) is 13.1 Å². The van der Waals surface area contributed by atoms with E-state index in [1.807, 2.05) is 0 Å². The van der Waals surface area contributed by atoms with Crippen molar-refractivity contribution in [3.8, 4) is 0 Å². The number of hydrogen-bond donors (Lipinski definition) is 1. The van der Waals surface area contributed by atoms with Crippen LogP contribution in [0.1, 0.15) is 17.4 Å². The lowest BCUT2D eigenvalue weighted by molar-refractivity contribution is -0.160. The molecular formula is C12H15N3O5. The summed E-state index contributed by atoms with van der Waals surface area (Å²) < 4.78 is 6.31. The quantitative estimate of drug-likeness (QED) is 0.767. The Labute approximate surface area is 114 Å². The molecule has 8 nitrogen and oxygen atoms in total. The van der Waals surface area contributed by atoms with Gasteiger partial charge in [-0.25, -0.2) is 9.48 Å². The standard InChI is InChI=1S/C12H15N3O5/c1-12(20-5-10(17)18)6-15(7-12)11(19)8-3-4-9(16)14(2)13-8/h3-4H,5-7H2,1-2H3,(H,17,18). The lowest BCUT2D eigenvalue weighted by Crippen LogP contribution is -2.63. The smallest absolute Gasteiger partial charge is 0.329 e. The molecule has 1 amide bonds. The second-order valence-electron chi connectivity index (χ2n) is 4.97. The number of carboxylic acids is 1. The van der Waals surface area contributed by atoms with Crippen LogP contribution < -0.4 is 5.56 Å². The van der Waals surface area contributed by atoms with Crippen molar-refractivity contribution in [2.45, 2.75) is 12.5 Å². The van der Waals surface area contributed by atoms with Crippen molar-refractivity contribution in [1.82, 2.24) is 14.7 Å². The average Bonchev–Trinajstić information content (AvgIpc) is 2.35. The van der Waals surface area contributed by atoms with Gasteiger partial charge in [-0.05, 0) is 13.0 Å². The molecule has 1 aromatic heterocycles. The lowest BCUT2D eigenvalue weighted by Gasteiger charge is -2.46. The first kappa shape index (κ1) is 14.2. The van der Waals surface area contributed by atoms with Crippen LogP contribution in [0.4, 0.5) is 0 Å². The highest BCUT2D eigenvalue weighted by atomic mass is 16.5. The van der Waals surface area contributed by atoms with Crippen molar-refractivity contribution in [1.29, 1.82) is 0 Å². The summed E-state index contributed by atoms with van der Waals surface area (Å²) >= 11 is 0. The minimum Gasteiger partial charge on any atom is -0.480 e. The lowest BCUT2D eigenvalue weighted by atomic mass is 9.96. The molecule has 1 fully saturated rings. The molecule has 108 valence electrons. The summed E-state index contributed by atoms with van der Waals surface area (Å²) in [5.41, 5.74) is -0.762. The van der Waals surface area contributed by atoms with Gasteiger partial charge in [-0.3, -0.25) is 9.59 Å². The molecule has 1 aromatic rings. The maximum absolute atomic E-state index is 12.1. The highest BCUT2D eigenvalue weighted by Crippen LogP contribution is 2.25. The summed E-state index contributed by atoms with van der Waals surface area (Å²) in [7, 11) is 1.47. The van der Waals surface area contributed by atoms with E-state index in [1.54, 1.807) is 6.92 Å². The Hall–Kier alpha value is -2.22. The van der Waals surface area contributed by atoms with E-state index in [0.717, 1.165) is 4.68 Å². The topological polar surface area (TPSA) is 102 Å². The molecule has 0 aliphatic carbocycles. The van der Waals surface area contributed by atoms with Gasteiger partial charge in [0.15, 0.2) is 0 Å². The monoisotopic (exact) mass is 281 g/mol. The first-order chi connectivity index (χ1) is 9.31. The number of aryl methyl sites for hydroxylation is 1. The second kappa shape index (κ2) is 5.04. The fourth-order valence-corrected chi connectivity index (χ4v) is 2.01. The van der Waals surface area contributed by atoms with E-state index in [1.165, 1.54) is 24.1 Å². The van der Waals surface area contributed by atoms with Crippen LogP contribution in [0.3, 0.4) is 0 Å². The van der Waals surface area contributed by atoms with Crippen LogP contribution in [0.2, 0.25) is 0 Å². The minimum absolute atomic E-state index is 0.174. The number of hydrogen-bond acceptors (Lipinski definition) is 5. The van der Waals surface area contributed by atoms with Crippen LogP contribution >= 0.6 is 0 Å². The van der Waals surface area contributed by atoms with Crippen LogP contribution in [0.25, 0.3) is 0 Å². The number of ether oxygens (including phenoxy) is 1. The Morgan fingerprint density at radius 3 is 2.65 bits per heavy atom. The summed E-state index contributed by atoms with van der Waals surface area (Å²) in [6, 6.07) is 2.65. The molecule has 2 rings (SSSR count). The summed E-state index contributed by atoms with van der Waals surface area (Å²) in [4.78, 5) is 35.2. The van der Waals surface area contributed by atoms with Gasteiger partial charge in [0, 0.05) is 13.1 Å². The van der Waals surface area contributed by atoms with Gasteiger partial charge in [0.2, 0.25) is 0 Å². The number of likely N-dealkylation sites (tertiary alicyclic amines) is 1. The molecule has 0 spiro atoms. The van der Waals surface area contributed by atoms with Crippen LogP contribution in [-0.2, 0) is 16.6 Å². The van der Waals surface area contributed by atoms with Gasteiger partial charge in [0.25, 0.3) is 11.5 Å². The van der Waals surface area contributed by atoms with Gasteiger partial charge in [-0.2, -0.15) is 5.10 Å². The number of carbonyl (C=O) groups is 2. The maximum Gasteiger partial charge on any atom is 0.329 e. The Morgan fingerprint density at radius 2 is 2.10 bits per heavy atom. The van der Waals surface area contributed by atoms with Gasteiger partial charge < -0.3 is 14.7 Å². The highest BCUT2D eigenvalue weighted by molar-refractivity contribution is 5.92. The van der Waals surface area contributed by atoms with Crippen molar-refractivity contribution in [2.24, 2.45) is 7.05 Å². The third kappa shape index (κ3) is 2.85. The van der Waals surface area contributed by atoms with E-state index in [4.69, 9.17) is 9.84 Å². The Morgan fingerprint density at radius 1 is 1.45 bits per heavy atom. The third-order valence-electron chi connectivity index (χ3n) is 3.06. The first-order valence-electron chi connectivity index (χ1n) is 6.00. The first-order valence-corrected chi connectivity index (χ1v) is 6.00. The van der Waals surface area contributed by atoms with Gasteiger partial charge >= 0.3 is 5.97 Å². The van der Waals surface area contributed by atoms with E-state index in [2.05, 4.69) is 5.10 Å². The number of rotatable bonds is 4. The summed E-state index contributed by atoms with van der Waals surface area (Å²) in [6.45, 7) is 1.94. The molecule has 0 radical (unpaired) electrons. The highest BCUT2D eigenvalue weighted by Gasteiger charge is 2.43. The molecule has 0 saturated carbocycles. The summed E-state index contributed by atoms with van der Waals surface area (Å²) in [5.74, 6) is -1.35. The largest absolute Gasteiger partial charge is 0.480 e. The second-order valence-corrected chi connectivity index (χ2v) is 4.97. The number of aromatic nitrogens is 2. The third-order valence-corrected chi connectivity index (χ3v) is 3.06. The Bertz CT molecular complexity index is 603. The predicted octanol–water partition coefficient (Wildman–Crippen LogP) is -0.904. The molecule has 1 saturated heterocycles. The number of nitrogens with zero attached hydrogens (tertiary/aromatic N) is 3. The normalized spacial score (nSPS) is 16.6. The van der Waals surface area contributed by atoms with Crippen molar-refractivity contribution in [3.63, 3.8) is 0 Å². The Balaban J connectivity index is 1.98. The van der Waals surface area contributed by atoms with Gasteiger partial charge in [-0.15, -0.1) is 0 Å². The van der Waals surface area contributed by atoms with Crippen molar-refractivity contribution >= 4 is 11.9 Å². The molecular weight excluding hydrogens is 266 g/mol. The van der Waals surface area contributed by atoms with Crippen LogP contribution in [-0.4, -0.2) is 57.0 Å². The van der Waals surface area contributed by atoms with E-state index in [-0.39, 0.29) is 17.2 Å². The molecule has 1 aliphatic heterocycles. The van der Waals surface area contributed by atoms with Crippen LogP contribution in [0, 0.1) is 0 Å². The summed E-state index contributed by atoms with van der Waals surface area (Å²) in [5, 5.41) is 12.4. The molecule has 0 unspecified atom stereocenters.